The number of hydrogen-bond donors (Lipinski definition) is 2. The molecule has 2 aromatic carbocycles. The van der Waals surface area contributed by atoms with Gasteiger partial charge in [0.25, 0.3) is 11.8 Å². The quantitative estimate of drug-likeness (QED) is 0.537. The summed E-state index contributed by atoms with van der Waals surface area (Å²) in [4.78, 5) is 50.3. The summed E-state index contributed by atoms with van der Waals surface area (Å²) in [6, 6.07) is 12.2. The van der Waals surface area contributed by atoms with E-state index in [0.29, 0.717) is 17.5 Å². The third kappa shape index (κ3) is 4.91. The predicted octanol–water partition coefficient (Wildman–Crippen LogP) is 4.05. The molecule has 1 unspecified atom stereocenters. The van der Waals surface area contributed by atoms with Crippen molar-refractivity contribution in [2.24, 2.45) is 5.92 Å². The van der Waals surface area contributed by atoms with Gasteiger partial charge in [0.05, 0.1) is 17.2 Å². The average molecular weight is 498 g/mol. The molecule has 4 rings (SSSR count). The second-order valence-corrected chi connectivity index (χ2v) is 9.15. The first-order valence-electron chi connectivity index (χ1n) is 10.7. The van der Waals surface area contributed by atoms with Gasteiger partial charge in [-0.25, -0.2) is 0 Å². The number of carbonyl (C=O) groups is 4. The van der Waals surface area contributed by atoms with Crippen molar-refractivity contribution >= 4 is 45.2 Å². The van der Waals surface area contributed by atoms with Crippen molar-refractivity contribution < 1.29 is 19.2 Å². The summed E-state index contributed by atoms with van der Waals surface area (Å²) in [5.41, 5.74) is 2.46. The zero-order chi connectivity index (χ0) is 22.8. The first kappa shape index (κ1) is 22.2. The number of benzene rings is 2. The van der Waals surface area contributed by atoms with Crippen LogP contribution in [-0.4, -0.2) is 35.1 Å². The van der Waals surface area contributed by atoms with Crippen LogP contribution in [0.4, 0.5) is 5.69 Å². The number of imide groups is 1. The Kier molecular flexibility index (Phi) is 6.41. The normalized spacial score (nSPS) is 16.0. The highest BCUT2D eigenvalue weighted by molar-refractivity contribution is 9.10. The van der Waals surface area contributed by atoms with Gasteiger partial charge < -0.3 is 10.6 Å². The summed E-state index contributed by atoms with van der Waals surface area (Å²) in [5, 5.41) is 5.83. The summed E-state index contributed by atoms with van der Waals surface area (Å²) in [7, 11) is 0. The van der Waals surface area contributed by atoms with Gasteiger partial charge in [0, 0.05) is 29.0 Å². The second-order valence-electron chi connectivity index (χ2n) is 8.23. The Labute approximate surface area is 194 Å². The van der Waals surface area contributed by atoms with Crippen LogP contribution >= 0.6 is 15.9 Å². The van der Waals surface area contributed by atoms with E-state index in [1.165, 1.54) is 4.90 Å². The first-order chi connectivity index (χ1) is 15.3. The van der Waals surface area contributed by atoms with Crippen molar-refractivity contribution in [3.8, 4) is 0 Å². The first-order valence-corrected chi connectivity index (χ1v) is 11.5. The molecular formula is C24H24BrN3O4. The molecule has 1 heterocycles. The number of amides is 4. The minimum absolute atomic E-state index is 0.0600. The van der Waals surface area contributed by atoms with Crippen molar-refractivity contribution in [1.82, 2.24) is 10.2 Å². The molecule has 2 aromatic rings. The maximum atomic E-state index is 12.5. The Hall–Kier alpha value is -3.00. The molecule has 2 N–H and O–H groups in total. The van der Waals surface area contributed by atoms with Crippen molar-refractivity contribution in [1.29, 1.82) is 0 Å². The van der Waals surface area contributed by atoms with E-state index < -0.39 is 0 Å². The van der Waals surface area contributed by atoms with Crippen molar-refractivity contribution in [2.45, 2.75) is 38.6 Å². The van der Waals surface area contributed by atoms with Gasteiger partial charge in [0.1, 0.15) is 0 Å². The highest BCUT2D eigenvalue weighted by Crippen LogP contribution is 2.30. The molecule has 0 spiro atoms. The molecule has 1 aliphatic heterocycles. The van der Waals surface area contributed by atoms with Gasteiger partial charge in [0.2, 0.25) is 11.8 Å². The minimum Gasteiger partial charge on any atom is -0.350 e. The van der Waals surface area contributed by atoms with Crippen LogP contribution in [0.2, 0.25) is 0 Å². The number of nitrogens with one attached hydrogen (secondary N) is 2. The number of fused-ring (bicyclic) bond motifs is 1. The van der Waals surface area contributed by atoms with Crippen LogP contribution in [0.15, 0.2) is 46.9 Å². The van der Waals surface area contributed by atoms with E-state index in [4.69, 9.17) is 0 Å². The molecule has 8 heteroatoms. The number of carbonyl (C=O) groups excluding carboxylic acids is 4. The zero-order valence-electron chi connectivity index (χ0n) is 17.7. The lowest BCUT2D eigenvalue weighted by molar-refractivity contribution is -0.122. The largest absolute Gasteiger partial charge is 0.350 e. The number of nitrogens with zero attached hydrogens (tertiary/aromatic N) is 1. The molecule has 2 aliphatic rings. The Morgan fingerprint density at radius 1 is 1.06 bits per heavy atom. The third-order valence-corrected chi connectivity index (χ3v) is 6.22. The molecule has 0 radical (unpaired) electrons. The second kappa shape index (κ2) is 9.24. The molecule has 1 atom stereocenters. The smallest absolute Gasteiger partial charge is 0.261 e. The maximum absolute atomic E-state index is 12.5. The predicted molar refractivity (Wildman–Crippen MR) is 123 cm³/mol. The highest BCUT2D eigenvalue weighted by atomic mass is 79.9. The Morgan fingerprint density at radius 2 is 1.75 bits per heavy atom. The molecule has 166 valence electrons. The van der Waals surface area contributed by atoms with E-state index in [1.54, 1.807) is 18.2 Å². The van der Waals surface area contributed by atoms with E-state index in [2.05, 4.69) is 26.6 Å². The summed E-state index contributed by atoms with van der Waals surface area (Å²) < 4.78 is 0.742. The standard InChI is InChI=1S/C24H24BrN3O4/c1-14(15-6-9-18(10-7-15)27-22(30)16-4-5-16)26-21(29)3-2-12-28-23(31)19-11-8-17(25)13-20(19)24(28)32/h6-11,13-14,16H,2-5,12H2,1H3,(H,26,29)(H,27,30). The lowest BCUT2D eigenvalue weighted by Gasteiger charge is -2.16. The Balaban J connectivity index is 1.24. The average Bonchev–Trinajstić information content (AvgIpc) is 3.59. The fourth-order valence-electron chi connectivity index (χ4n) is 3.71. The van der Waals surface area contributed by atoms with E-state index in [9.17, 15) is 19.2 Å². The summed E-state index contributed by atoms with van der Waals surface area (Å²) in [5.74, 6) is -0.586. The van der Waals surface area contributed by atoms with Crippen LogP contribution < -0.4 is 10.6 Å². The highest BCUT2D eigenvalue weighted by Gasteiger charge is 2.35. The van der Waals surface area contributed by atoms with E-state index in [-0.39, 0.29) is 48.6 Å². The fourth-order valence-corrected chi connectivity index (χ4v) is 4.07. The molecule has 1 fully saturated rings. The van der Waals surface area contributed by atoms with Crippen molar-refractivity contribution in [3.63, 3.8) is 0 Å². The molecule has 1 aliphatic carbocycles. The van der Waals surface area contributed by atoms with Gasteiger partial charge in [-0.2, -0.15) is 0 Å². The van der Waals surface area contributed by atoms with E-state index >= 15 is 0 Å². The molecule has 0 saturated heterocycles. The lowest BCUT2D eigenvalue weighted by atomic mass is 10.1. The molecule has 32 heavy (non-hydrogen) atoms. The van der Waals surface area contributed by atoms with Gasteiger partial charge in [-0.3, -0.25) is 24.1 Å². The van der Waals surface area contributed by atoms with Gasteiger partial charge in [-0.1, -0.05) is 28.1 Å². The summed E-state index contributed by atoms with van der Waals surface area (Å²) in [6.07, 6.45) is 2.50. The van der Waals surface area contributed by atoms with Gasteiger partial charge in [0.15, 0.2) is 0 Å². The number of anilines is 1. The summed E-state index contributed by atoms with van der Waals surface area (Å²) >= 11 is 3.31. The van der Waals surface area contributed by atoms with Gasteiger partial charge in [-0.05, 0) is 62.1 Å². The molecular weight excluding hydrogens is 474 g/mol. The van der Waals surface area contributed by atoms with Gasteiger partial charge >= 0.3 is 0 Å². The Bertz CT molecular complexity index is 1080. The molecule has 4 amide bonds. The number of rotatable bonds is 8. The zero-order valence-corrected chi connectivity index (χ0v) is 19.3. The molecule has 7 nitrogen and oxygen atoms in total. The number of halogens is 1. The SMILES string of the molecule is CC(NC(=O)CCCN1C(=O)c2ccc(Br)cc2C1=O)c1ccc(NC(=O)C2CC2)cc1. The third-order valence-electron chi connectivity index (χ3n) is 5.72. The van der Waals surface area contributed by atoms with Crippen LogP contribution in [-0.2, 0) is 9.59 Å². The van der Waals surface area contributed by atoms with Crippen LogP contribution in [0.3, 0.4) is 0 Å². The topological polar surface area (TPSA) is 95.6 Å². The van der Waals surface area contributed by atoms with Crippen molar-refractivity contribution in [2.75, 3.05) is 11.9 Å². The van der Waals surface area contributed by atoms with Crippen LogP contribution in [0, 0.1) is 5.92 Å². The van der Waals surface area contributed by atoms with Crippen LogP contribution in [0.25, 0.3) is 0 Å². The fraction of sp³-hybridized carbons (Fsp3) is 0.333. The van der Waals surface area contributed by atoms with Crippen LogP contribution in [0.5, 0.6) is 0 Å². The monoisotopic (exact) mass is 497 g/mol. The molecule has 0 aromatic heterocycles. The number of hydrogen-bond acceptors (Lipinski definition) is 4. The van der Waals surface area contributed by atoms with Crippen LogP contribution in [0.1, 0.15) is 64.9 Å². The summed E-state index contributed by atoms with van der Waals surface area (Å²) in [6.45, 7) is 2.08. The van der Waals surface area contributed by atoms with E-state index in [1.807, 2.05) is 31.2 Å². The van der Waals surface area contributed by atoms with Crippen molar-refractivity contribution in [3.05, 3.63) is 63.6 Å². The molecule has 1 saturated carbocycles. The lowest BCUT2D eigenvalue weighted by Crippen LogP contribution is -2.32. The molecule has 0 bridgehead atoms. The van der Waals surface area contributed by atoms with E-state index in [0.717, 1.165) is 28.6 Å². The minimum atomic E-state index is -0.325. The maximum Gasteiger partial charge on any atom is 0.261 e. The Morgan fingerprint density at radius 3 is 2.44 bits per heavy atom. The van der Waals surface area contributed by atoms with Gasteiger partial charge in [-0.15, -0.1) is 0 Å².